The zero-order chi connectivity index (χ0) is 17.0. The zero-order valence-electron chi connectivity index (χ0n) is 11.8. The first kappa shape index (κ1) is 17.5. The molecule has 9 heteroatoms. The molecule has 0 radical (unpaired) electrons. The van der Waals surface area contributed by atoms with Crippen LogP contribution >= 0.6 is 0 Å². The Bertz CT molecular complexity index is 617. The number of amides is 2. The summed E-state index contributed by atoms with van der Waals surface area (Å²) in [6.07, 6.45) is 4.18. The summed E-state index contributed by atoms with van der Waals surface area (Å²) in [5.41, 5.74) is -4.53. The van der Waals surface area contributed by atoms with Crippen LogP contribution in [-0.2, 0) is 10.8 Å². The monoisotopic (exact) mass is 348 g/mol. The van der Waals surface area contributed by atoms with E-state index in [1.165, 1.54) is 12.1 Å². The summed E-state index contributed by atoms with van der Waals surface area (Å²) in [5.74, 6) is 0.0110. The van der Waals surface area contributed by atoms with Crippen LogP contribution in [0.4, 0.5) is 23.7 Å². The number of alkyl halides is 3. The fourth-order valence-corrected chi connectivity index (χ4v) is 2.80. The summed E-state index contributed by atoms with van der Waals surface area (Å²) in [7, 11) is -3.09. The van der Waals surface area contributed by atoms with E-state index in [9.17, 15) is 22.2 Å². The molecule has 23 heavy (non-hydrogen) atoms. The van der Waals surface area contributed by atoms with E-state index in [4.69, 9.17) is 5.11 Å². The quantitative estimate of drug-likeness (QED) is 0.731. The second kappa shape index (κ2) is 7.14. The molecule has 0 saturated heterocycles. The molecule has 1 aliphatic rings. The minimum Gasteiger partial charge on any atom is -0.396 e. The van der Waals surface area contributed by atoms with Crippen LogP contribution in [0.1, 0.15) is 6.42 Å². The molecule has 2 rings (SSSR count). The van der Waals surface area contributed by atoms with Gasteiger partial charge in [-0.3, -0.25) is 0 Å². The van der Waals surface area contributed by atoms with Crippen molar-refractivity contribution in [2.24, 2.45) is 5.92 Å². The van der Waals surface area contributed by atoms with Crippen LogP contribution in [0.15, 0.2) is 41.3 Å². The Morgan fingerprint density at radius 1 is 1.26 bits per heavy atom. The lowest BCUT2D eigenvalue weighted by Gasteiger charge is -2.14. The predicted octanol–water partition coefficient (Wildman–Crippen LogP) is 2.37. The number of halogens is 3. The first-order valence-corrected chi connectivity index (χ1v) is 7.90. The second-order valence-electron chi connectivity index (χ2n) is 5.01. The minimum absolute atomic E-state index is 0.00804. The van der Waals surface area contributed by atoms with Crippen LogP contribution in [0.2, 0.25) is 0 Å². The largest absolute Gasteiger partial charge is 0.475 e. The number of carbonyl (C=O) groups is 1. The fourth-order valence-electron chi connectivity index (χ4n) is 2.15. The Kier molecular flexibility index (Phi) is 5.42. The van der Waals surface area contributed by atoms with Crippen LogP contribution in [-0.4, -0.2) is 33.5 Å². The highest BCUT2D eigenvalue weighted by Gasteiger charge is 2.37. The molecule has 0 aromatic heterocycles. The van der Waals surface area contributed by atoms with E-state index in [1.54, 1.807) is 6.08 Å². The molecular formula is C14H15F3N2O3S. The van der Waals surface area contributed by atoms with Gasteiger partial charge in [-0.2, -0.15) is 13.2 Å². The van der Waals surface area contributed by atoms with Gasteiger partial charge in [0.25, 0.3) is 0 Å². The van der Waals surface area contributed by atoms with Gasteiger partial charge in [0.05, 0.1) is 0 Å². The number of rotatable bonds is 4. The highest BCUT2D eigenvalue weighted by atomic mass is 32.2. The number of benzene rings is 1. The molecule has 2 amide bonds. The van der Waals surface area contributed by atoms with E-state index < -0.39 is 22.3 Å². The summed E-state index contributed by atoms with van der Waals surface area (Å²) in [6.45, 7) is 0.00804. The van der Waals surface area contributed by atoms with Crippen molar-refractivity contribution >= 4 is 22.5 Å². The van der Waals surface area contributed by atoms with Gasteiger partial charge in [-0.1, -0.05) is 12.2 Å². The summed E-state index contributed by atoms with van der Waals surface area (Å²) in [5, 5.41) is 14.1. The molecule has 0 bridgehead atoms. The van der Waals surface area contributed by atoms with Crippen molar-refractivity contribution in [1.82, 2.24) is 5.32 Å². The molecule has 3 N–H and O–H groups in total. The van der Waals surface area contributed by atoms with Crippen LogP contribution in [0.5, 0.6) is 0 Å². The Labute approximate surface area is 133 Å². The molecule has 126 valence electrons. The third-order valence-corrected chi connectivity index (χ3v) is 4.38. The Morgan fingerprint density at radius 3 is 2.43 bits per heavy atom. The Hall–Kier alpha value is -1.87. The molecular weight excluding hydrogens is 333 g/mol. The Morgan fingerprint density at radius 2 is 1.91 bits per heavy atom. The maximum Gasteiger partial charge on any atom is 0.475 e. The SMILES string of the molecule is O=C(Nc1ccc(S(=O)C(F)(F)F)cc1)N[C@@H]1C=C[C@H](CO)C1. The highest BCUT2D eigenvalue weighted by Crippen LogP contribution is 2.26. The van der Waals surface area contributed by atoms with E-state index in [-0.39, 0.29) is 29.1 Å². The summed E-state index contributed by atoms with van der Waals surface area (Å²) in [4.78, 5) is 11.4. The average molecular weight is 348 g/mol. The molecule has 5 nitrogen and oxygen atoms in total. The smallest absolute Gasteiger partial charge is 0.396 e. The standard InChI is InChI=1S/C14H15F3N2O3S/c15-14(16,17)23(22)12-5-3-10(4-6-12)18-13(21)19-11-2-1-9(7-11)8-20/h1-6,9,11,20H,7-8H2,(H2,18,19,21)/t9-,11+,23?/m0/s1. The van der Waals surface area contributed by atoms with Gasteiger partial charge in [0, 0.05) is 29.1 Å². The highest BCUT2D eigenvalue weighted by molar-refractivity contribution is 7.86. The van der Waals surface area contributed by atoms with E-state index in [1.807, 2.05) is 6.08 Å². The molecule has 0 fully saturated rings. The van der Waals surface area contributed by atoms with Gasteiger partial charge in [0.1, 0.15) is 0 Å². The van der Waals surface area contributed by atoms with Crippen LogP contribution in [0.25, 0.3) is 0 Å². The van der Waals surface area contributed by atoms with Crippen molar-refractivity contribution in [2.45, 2.75) is 22.9 Å². The lowest BCUT2D eigenvalue weighted by atomic mass is 10.1. The van der Waals surface area contributed by atoms with Gasteiger partial charge >= 0.3 is 11.5 Å². The van der Waals surface area contributed by atoms with Crippen molar-refractivity contribution in [3.8, 4) is 0 Å². The Balaban J connectivity index is 1.90. The number of anilines is 1. The van der Waals surface area contributed by atoms with Crippen molar-refractivity contribution in [2.75, 3.05) is 11.9 Å². The first-order chi connectivity index (χ1) is 10.8. The van der Waals surface area contributed by atoms with Crippen molar-refractivity contribution in [3.63, 3.8) is 0 Å². The van der Waals surface area contributed by atoms with Gasteiger partial charge in [0.15, 0.2) is 10.8 Å². The van der Waals surface area contributed by atoms with Crippen LogP contribution < -0.4 is 10.6 Å². The topological polar surface area (TPSA) is 78.4 Å². The number of aliphatic hydroxyl groups excluding tert-OH is 1. The molecule has 3 atom stereocenters. The second-order valence-corrected chi connectivity index (χ2v) is 6.48. The number of urea groups is 1. The molecule has 0 saturated carbocycles. The third kappa shape index (κ3) is 4.80. The van der Waals surface area contributed by atoms with Gasteiger partial charge < -0.3 is 15.7 Å². The third-order valence-electron chi connectivity index (χ3n) is 3.26. The number of nitrogens with one attached hydrogen (secondary N) is 2. The van der Waals surface area contributed by atoms with Crippen LogP contribution in [0, 0.1) is 5.92 Å². The summed E-state index contributed by atoms with van der Waals surface area (Å²) >= 11 is 0. The molecule has 1 aliphatic carbocycles. The van der Waals surface area contributed by atoms with E-state index in [0.717, 1.165) is 12.1 Å². The molecule has 1 aromatic carbocycles. The fraction of sp³-hybridized carbons (Fsp3) is 0.357. The number of carbonyl (C=O) groups excluding carboxylic acids is 1. The average Bonchev–Trinajstić information content (AvgIpc) is 2.94. The van der Waals surface area contributed by atoms with Gasteiger partial charge in [-0.25, -0.2) is 9.00 Å². The normalized spacial score (nSPS) is 21.9. The summed E-state index contributed by atoms with van der Waals surface area (Å²) < 4.78 is 48.1. The van der Waals surface area contributed by atoms with Gasteiger partial charge in [0.2, 0.25) is 0 Å². The molecule has 0 aliphatic heterocycles. The lowest BCUT2D eigenvalue weighted by molar-refractivity contribution is -0.0384. The van der Waals surface area contributed by atoms with Crippen molar-refractivity contribution < 1.29 is 27.3 Å². The minimum atomic E-state index is -4.82. The number of hydrogen-bond donors (Lipinski definition) is 3. The molecule has 1 aromatic rings. The maximum atomic E-state index is 12.3. The predicted molar refractivity (Wildman–Crippen MR) is 79.2 cm³/mol. The zero-order valence-corrected chi connectivity index (χ0v) is 12.7. The summed E-state index contributed by atoms with van der Waals surface area (Å²) in [6, 6.07) is 3.89. The van der Waals surface area contributed by atoms with E-state index >= 15 is 0 Å². The van der Waals surface area contributed by atoms with Crippen molar-refractivity contribution in [1.29, 1.82) is 0 Å². The van der Waals surface area contributed by atoms with Gasteiger partial charge in [-0.15, -0.1) is 0 Å². The van der Waals surface area contributed by atoms with Gasteiger partial charge in [-0.05, 0) is 30.7 Å². The van der Waals surface area contributed by atoms with Crippen molar-refractivity contribution in [3.05, 3.63) is 36.4 Å². The van der Waals surface area contributed by atoms with E-state index in [0.29, 0.717) is 6.42 Å². The first-order valence-electron chi connectivity index (χ1n) is 6.75. The molecule has 0 heterocycles. The number of hydrogen-bond acceptors (Lipinski definition) is 3. The maximum absolute atomic E-state index is 12.3. The lowest BCUT2D eigenvalue weighted by Crippen LogP contribution is -2.36. The van der Waals surface area contributed by atoms with E-state index in [2.05, 4.69) is 10.6 Å². The number of aliphatic hydroxyl groups is 1. The molecule has 0 spiro atoms. The molecule has 1 unspecified atom stereocenters. The van der Waals surface area contributed by atoms with Crippen LogP contribution in [0.3, 0.4) is 0 Å².